The fourth-order valence-corrected chi connectivity index (χ4v) is 5.83. The molecule has 7 rings (SSSR count). The molecule has 184 valence electrons. The van der Waals surface area contributed by atoms with Crippen molar-refractivity contribution >= 4 is 40.0 Å². The predicted molar refractivity (Wildman–Crippen MR) is 142 cm³/mol. The Hall–Kier alpha value is -3.76. The number of halogens is 1. The van der Waals surface area contributed by atoms with E-state index in [0.717, 1.165) is 51.3 Å². The zero-order chi connectivity index (χ0) is 24.9. The van der Waals surface area contributed by atoms with Crippen LogP contribution < -0.4 is 0 Å². The van der Waals surface area contributed by atoms with Gasteiger partial charge in [-0.2, -0.15) is 5.10 Å². The molecular formula is C26H22ClN9S. The summed E-state index contributed by atoms with van der Waals surface area (Å²) in [6.45, 7) is 2.95. The van der Waals surface area contributed by atoms with E-state index in [1.807, 2.05) is 47.1 Å². The molecular weight excluding hydrogens is 506 g/mol. The van der Waals surface area contributed by atoms with Crippen molar-refractivity contribution in [2.45, 2.75) is 42.6 Å². The molecule has 1 saturated carbocycles. The lowest BCUT2D eigenvalue weighted by Crippen LogP contribution is -2.03. The van der Waals surface area contributed by atoms with Gasteiger partial charge in [0, 0.05) is 17.5 Å². The van der Waals surface area contributed by atoms with E-state index in [0.29, 0.717) is 23.4 Å². The summed E-state index contributed by atoms with van der Waals surface area (Å²) in [7, 11) is 0. The summed E-state index contributed by atoms with van der Waals surface area (Å²) >= 11 is 7.66. The summed E-state index contributed by atoms with van der Waals surface area (Å²) in [5.41, 5.74) is 3.75. The Bertz CT molecular complexity index is 1720. The van der Waals surface area contributed by atoms with Crippen molar-refractivity contribution in [2.75, 3.05) is 0 Å². The van der Waals surface area contributed by atoms with E-state index in [4.69, 9.17) is 16.6 Å². The highest BCUT2D eigenvalue weighted by Crippen LogP contribution is 2.54. The number of aromatic nitrogens is 9. The van der Waals surface area contributed by atoms with Crippen molar-refractivity contribution in [3.63, 3.8) is 0 Å². The summed E-state index contributed by atoms with van der Waals surface area (Å²) in [6.07, 6.45) is 4.57. The van der Waals surface area contributed by atoms with Crippen molar-refractivity contribution in [3.05, 3.63) is 89.4 Å². The van der Waals surface area contributed by atoms with Crippen molar-refractivity contribution in [1.82, 2.24) is 44.1 Å². The normalized spacial score (nSPS) is 17.1. The van der Waals surface area contributed by atoms with Crippen LogP contribution in [0, 0.1) is 0 Å². The van der Waals surface area contributed by atoms with Gasteiger partial charge in [-0.05, 0) is 49.1 Å². The topological polar surface area (TPSA) is 91.6 Å². The van der Waals surface area contributed by atoms with E-state index in [1.54, 1.807) is 28.8 Å². The van der Waals surface area contributed by atoms with Gasteiger partial charge < -0.3 is 4.57 Å². The van der Waals surface area contributed by atoms with E-state index in [9.17, 15) is 0 Å². The molecule has 0 radical (unpaired) electrons. The van der Waals surface area contributed by atoms with Crippen molar-refractivity contribution < 1.29 is 0 Å². The second-order valence-electron chi connectivity index (χ2n) is 9.04. The molecule has 6 aromatic rings. The van der Waals surface area contributed by atoms with Crippen LogP contribution in [0.25, 0.3) is 22.4 Å². The first-order valence-electron chi connectivity index (χ1n) is 12.1. The number of hydrogen-bond acceptors (Lipinski definition) is 7. The number of fused-ring (bicyclic) bond motifs is 3. The Kier molecular flexibility index (Phi) is 5.44. The third-order valence-corrected chi connectivity index (χ3v) is 7.98. The minimum absolute atomic E-state index is 0.386. The fraction of sp³-hybridized carbons (Fsp3) is 0.231. The lowest BCUT2D eigenvalue weighted by Gasteiger charge is -2.06. The van der Waals surface area contributed by atoms with Crippen LogP contribution in [0.3, 0.4) is 0 Å². The van der Waals surface area contributed by atoms with Crippen LogP contribution in [-0.4, -0.2) is 44.1 Å². The maximum Gasteiger partial charge on any atom is 0.191 e. The van der Waals surface area contributed by atoms with Gasteiger partial charge in [0.1, 0.15) is 12.2 Å². The highest BCUT2D eigenvalue weighted by atomic mass is 35.5. The molecule has 0 saturated heterocycles. The van der Waals surface area contributed by atoms with Gasteiger partial charge in [0.2, 0.25) is 0 Å². The summed E-state index contributed by atoms with van der Waals surface area (Å²) in [6, 6.07) is 18.1. The molecule has 2 aromatic carbocycles. The minimum atomic E-state index is 0.386. The lowest BCUT2D eigenvalue weighted by molar-refractivity contribution is 0.640. The summed E-state index contributed by atoms with van der Waals surface area (Å²) in [5.74, 6) is 3.20. The molecule has 1 aliphatic carbocycles. The van der Waals surface area contributed by atoms with Crippen LogP contribution in [0.1, 0.15) is 42.4 Å². The number of thioether (sulfide) groups is 1. The van der Waals surface area contributed by atoms with Gasteiger partial charge in [0.25, 0.3) is 0 Å². The second-order valence-corrected chi connectivity index (χ2v) is 10.4. The zero-order valence-electron chi connectivity index (χ0n) is 19.9. The van der Waals surface area contributed by atoms with Gasteiger partial charge in [-0.25, -0.2) is 19.2 Å². The largest absolute Gasteiger partial charge is 0.306 e. The molecule has 1 fully saturated rings. The number of para-hydroxylation sites is 1. The first-order chi connectivity index (χ1) is 18.2. The van der Waals surface area contributed by atoms with Crippen LogP contribution in [0.4, 0.5) is 0 Å². The van der Waals surface area contributed by atoms with Crippen molar-refractivity contribution in [2.24, 2.45) is 0 Å². The maximum atomic E-state index is 6.06. The van der Waals surface area contributed by atoms with Gasteiger partial charge >= 0.3 is 0 Å². The van der Waals surface area contributed by atoms with E-state index in [2.05, 4.69) is 49.0 Å². The van der Waals surface area contributed by atoms with E-state index < -0.39 is 0 Å². The summed E-state index contributed by atoms with van der Waals surface area (Å²) < 4.78 is 5.75. The van der Waals surface area contributed by atoms with Crippen LogP contribution in [0.15, 0.2) is 72.3 Å². The third-order valence-electron chi connectivity index (χ3n) is 6.76. The Morgan fingerprint density at radius 2 is 1.84 bits per heavy atom. The molecule has 1 aliphatic rings. The number of hydrogen-bond donors (Lipinski definition) is 0. The zero-order valence-corrected chi connectivity index (χ0v) is 21.5. The molecule has 0 spiro atoms. The molecule has 9 nitrogen and oxygen atoms in total. The fourth-order valence-electron chi connectivity index (χ4n) is 4.85. The molecule has 4 aromatic heterocycles. The van der Waals surface area contributed by atoms with Gasteiger partial charge in [-0.3, -0.25) is 0 Å². The van der Waals surface area contributed by atoms with Gasteiger partial charge in [0.15, 0.2) is 22.3 Å². The van der Waals surface area contributed by atoms with Crippen LogP contribution in [0.5, 0.6) is 0 Å². The molecule has 0 N–H and O–H groups in total. The van der Waals surface area contributed by atoms with Crippen molar-refractivity contribution in [3.8, 4) is 5.69 Å². The highest BCUT2D eigenvalue weighted by molar-refractivity contribution is 7.98. The van der Waals surface area contributed by atoms with Crippen LogP contribution in [-0.2, 0) is 12.3 Å². The quantitative estimate of drug-likeness (QED) is 0.260. The maximum absolute atomic E-state index is 6.06. The lowest BCUT2D eigenvalue weighted by atomic mass is 10.1. The first-order valence-corrected chi connectivity index (χ1v) is 13.5. The molecule has 0 aliphatic heterocycles. The van der Waals surface area contributed by atoms with Crippen LogP contribution in [0.2, 0.25) is 5.02 Å². The SMILES string of the molecule is CCn1c(SCc2nc3c4cnn(-c5ccccc5)c4ncn3n2)nnc1[C@H]1C[C@@H]1c1ccc(Cl)cc1. The van der Waals surface area contributed by atoms with Gasteiger partial charge in [0.05, 0.1) is 23.0 Å². The molecule has 37 heavy (non-hydrogen) atoms. The molecule has 11 heteroatoms. The van der Waals surface area contributed by atoms with E-state index in [1.165, 1.54) is 5.56 Å². The average Bonchev–Trinajstić information content (AvgIpc) is 3.26. The first kappa shape index (κ1) is 22.4. The Morgan fingerprint density at radius 3 is 2.65 bits per heavy atom. The molecule has 2 atom stereocenters. The second kappa shape index (κ2) is 8.97. The molecule has 0 amide bonds. The summed E-state index contributed by atoms with van der Waals surface area (Å²) in [5, 5.41) is 20.8. The predicted octanol–water partition coefficient (Wildman–Crippen LogP) is 5.29. The Balaban J connectivity index is 1.11. The van der Waals surface area contributed by atoms with Gasteiger partial charge in [-0.15, -0.1) is 15.3 Å². The molecule has 0 unspecified atom stereocenters. The number of benzene rings is 2. The minimum Gasteiger partial charge on any atom is -0.306 e. The third kappa shape index (κ3) is 3.96. The van der Waals surface area contributed by atoms with Gasteiger partial charge in [-0.1, -0.05) is 53.7 Å². The van der Waals surface area contributed by atoms with Crippen molar-refractivity contribution in [1.29, 1.82) is 0 Å². The Labute approximate surface area is 221 Å². The average molecular weight is 528 g/mol. The summed E-state index contributed by atoms with van der Waals surface area (Å²) in [4.78, 5) is 9.39. The van der Waals surface area contributed by atoms with Crippen LogP contribution >= 0.6 is 23.4 Å². The molecule has 0 bridgehead atoms. The number of nitrogens with zero attached hydrogens (tertiary/aromatic N) is 9. The highest BCUT2D eigenvalue weighted by Gasteiger charge is 2.43. The number of rotatable bonds is 7. The smallest absolute Gasteiger partial charge is 0.191 e. The molecule has 4 heterocycles. The van der Waals surface area contributed by atoms with E-state index in [-0.39, 0.29) is 0 Å². The Morgan fingerprint density at radius 1 is 1.00 bits per heavy atom. The monoisotopic (exact) mass is 527 g/mol. The van der Waals surface area contributed by atoms with E-state index >= 15 is 0 Å². The standard InChI is InChI=1S/C26H22ClN9S/c1-2-34-25(20-12-19(20)16-8-10-17(27)11-9-16)31-32-26(34)37-14-22-30-24-21-13-29-36(18-6-4-3-5-7-18)23(21)28-15-35(24)33-22/h3-11,13,15,19-20H,2,12,14H2,1H3/t19-,20+/m1/s1.